The number of benzene rings is 9. The molecular weight excluding hydrogens is 753 g/mol. The average molecular weight is 783 g/mol. The molecule has 0 atom stereocenters. The van der Waals surface area contributed by atoms with Crippen molar-refractivity contribution in [3.05, 3.63) is 193 Å². The first-order valence-electron chi connectivity index (χ1n) is 19.9. The SMILES string of the molecule is N#Cc1ccc(N(c2ccc3c(c2)oc2cc(N(c4ccc(C#N)cc4)c4cccc5c4oc4ccccc45)c4ccccc4c23)c2cccc3c2oc2ccccc23)cc1. The van der Waals surface area contributed by atoms with Gasteiger partial charge in [-0.15, -0.1) is 0 Å². The molecule has 0 unspecified atom stereocenters. The molecule has 0 aliphatic rings. The van der Waals surface area contributed by atoms with Crippen molar-refractivity contribution >= 4 is 111 Å². The maximum atomic E-state index is 9.72. The van der Waals surface area contributed by atoms with Crippen LogP contribution in [0, 0.1) is 22.7 Å². The molecule has 0 amide bonds. The second-order valence-electron chi connectivity index (χ2n) is 15.1. The summed E-state index contributed by atoms with van der Waals surface area (Å²) in [5, 5.41) is 27.5. The Labute approximate surface area is 348 Å². The number of anilines is 6. The summed E-state index contributed by atoms with van der Waals surface area (Å²) in [6.07, 6.45) is 0. The normalized spacial score (nSPS) is 11.6. The smallest absolute Gasteiger partial charge is 0.159 e. The Bertz CT molecular complexity index is 3810. The standard InChI is InChI=1S/C54H30N4O3/c55-31-33-19-23-35(24-20-33)57(45-15-7-13-42-39-10-3-5-17-48(39)60-53(42)45)37-27-28-44-50(29-37)59-51-30-47(38-9-1-2-12-41(38)52(44)51)58(36-25-21-34(32-56)22-26-36)46-16-8-14-43-40-11-4-6-18-49(40)61-54(43)46/h1-30H. The molecule has 9 aromatic carbocycles. The third kappa shape index (κ3) is 5.29. The van der Waals surface area contributed by atoms with Crippen molar-refractivity contribution in [1.82, 2.24) is 0 Å². The Morgan fingerprint density at radius 2 is 0.820 bits per heavy atom. The van der Waals surface area contributed by atoms with Crippen molar-refractivity contribution in [1.29, 1.82) is 10.5 Å². The van der Waals surface area contributed by atoms with Gasteiger partial charge in [0.15, 0.2) is 11.2 Å². The van der Waals surface area contributed by atoms with E-state index in [1.807, 2.05) is 84.9 Å². The van der Waals surface area contributed by atoms with Crippen LogP contribution in [0.1, 0.15) is 11.1 Å². The Morgan fingerprint density at radius 3 is 1.41 bits per heavy atom. The predicted molar refractivity (Wildman–Crippen MR) is 245 cm³/mol. The second kappa shape index (κ2) is 13.4. The quantitative estimate of drug-likeness (QED) is 0.166. The van der Waals surface area contributed by atoms with Gasteiger partial charge in [0, 0.05) is 61.2 Å². The van der Waals surface area contributed by atoms with E-state index >= 15 is 0 Å². The van der Waals surface area contributed by atoms with Crippen molar-refractivity contribution in [2.24, 2.45) is 0 Å². The van der Waals surface area contributed by atoms with Gasteiger partial charge in [-0.3, -0.25) is 0 Å². The molecule has 0 saturated heterocycles. The van der Waals surface area contributed by atoms with E-state index in [9.17, 15) is 10.5 Å². The molecule has 0 N–H and O–H groups in total. The summed E-state index contributed by atoms with van der Waals surface area (Å²) >= 11 is 0. The van der Waals surface area contributed by atoms with Crippen molar-refractivity contribution < 1.29 is 13.3 Å². The lowest BCUT2D eigenvalue weighted by molar-refractivity contribution is 0.667. The minimum absolute atomic E-state index is 0.575. The Kier molecular flexibility index (Phi) is 7.52. The first-order chi connectivity index (χ1) is 30.1. The van der Waals surface area contributed by atoms with Crippen LogP contribution in [0.25, 0.3) is 76.6 Å². The second-order valence-corrected chi connectivity index (χ2v) is 15.1. The van der Waals surface area contributed by atoms with E-state index in [-0.39, 0.29) is 0 Å². The van der Waals surface area contributed by atoms with Gasteiger partial charge in [0.2, 0.25) is 0 Å². The third-order valence-corrected chi connectivity index (χ3v) is 11.7. The number of nitrogens with zero attached hydrogens (tertiary/aromatic N) is 4. The maximum absolute atomic E-state index is 9.72. The van der Waals surface area contributed by atoms with Crippen molar-refractivity contribution in [3.63, 3.8) is 0 Å². The monoisotopic (exact) mass is 782 g/mol. The number of para-hydroxylation sites is 4. The fourth-order valence-corrected chi connectivity index (χ4v) is 8.96. The van der Waals surface area contributed by atoms with Crippen LogP contribution in [-0.4, -0.2) is 0 Å². The number of rotatable bonds is 6. The first kappa shape index (κ1) is 34.3. The minimum Gasteiger partial charge on any atom is -0.456 e. The van der Waals surface area contributed by atoms with Gasteiger partial charge in [-0.25, -0.2) is 0 Å². The Balaban J connectivity index is 1.09. The molecule has 7 nitrogen and oxygen atoms in total. The molecule has 0 aliphatic heterocycles. The van der Waals surface area contributed by atoms with E-state index in [0.717, 1.165) is 111 Å². The average Bonchev–Trinajstić information content (AvgIpc) is 4.02. The fourth-order valence-electron chi connectivity index (χ4n) is 8.96. The number of nitriles is 2. The van der Waals surface area contributed by atoms with Gasteiger partial charge in [0.25, 0.3) is 0 Å². The molecule has 0 aliphatic carbocycles. The summed E-state index contributed by atoms with van der Waals surface area (Å²) in [5.41, 5.74) is 11.0. The summed E-state index contributed by atoms with van der Waals surface area (Å²) < 4.78 is 20.1. The van der Waals surface area contributed by atoms with Crippen LogP contribution in [0.5, 0.6) is 0 Å². The Morgan fingerprint density at radius 1 is 0.328 bits per heavy atom. The van der Waals surface area contributed by atoms with Crippen LogP contribution in [0.3, 0.4) is 0 Å². The highest BCUT2D eigenvalue weighted by molar-refractivity contribution is 6.23. The number of fused-ring (bicyclic) bond motifs is 11. The molecule has 284 valence electrons. The first-order valence-corrected chi connectivity index (χ1v) is 19.9. The summed E-state index contributed by atoms with van der Waals surface area (Å²) in [6, 6.07) is 65.2. The lowest BCUT2D eigenvalue weighted by Crippen LogP contribution is -2.11. The lowest BCUT2D eigenvalue weighted by atomic mass is 10.00. The van der Waals surface area contributed by atoms with Crippen LogP contribution < -0.4 is 9.80 Å². The van der Waals surface area contributed by atoms with Crippen LogP contribution >= 0.6 is 0 Å². The molecular formula is C54H30N4O3. The van der Waals surface area contributed by atoms with Gasteiger partial charge in [0.1, 0.15) is 22.3 Å². The highest BCUT2D eigenvalue weighted by atomic mass is 16.3. The lowest BCUT2D eigenvalue weighted by Gasteiger charge is -2.27. The van der Waals surface area contributed by atoms with Gasteiger partial charge < -0.3 is 23.1 Å². The number of hydrogen-bond acceptors (Lipinski definition) is 7. The molecule has 0 spiro atoms. The molecule has 3 aromatic heterocycles. The molecule has 0 bridgehead atoms. The Hall–Kier alpha value is -8.78. The van der Waals surface area contributed by atoms with Gasteiger partial charge in [-0.05, 0) is 90.3 Å². The molecule has 12 rings (SSSR count). The topological polar surface area (TPSA) is 93.5 Å². The van der Waals surface area contributed by atoms with E-state index < -0.39 is 0 Å². The van der Waals surface area contributed by atoms with Gasteiger partial charge in [0.05, 0.1) is 46.0 Å². The molecule has 0 radical (unpaired) electrons. The van der Waals surface area contributed by atoms with Crippen molar-refractivity contribution in [2.45, 2.75) is 0 Å². The van der Waals surface area contributed by atoms with Gasteiger partial charge >= 0.3 is 0 Å². The van der Waals surface area contributed by atoms with Crippen LogP contribution in [0.4, 0.5) is 34.1 Å². The summed E-state index contributed by atoms with van der Waals surface area (Å²) in [7, 11) is 0. The largest absolute Gasteiger partial charge is 0.456 e. The predicted octanol–water partition coefficient (Wildman–Crippen LogP) is 15.2. The van der Waals surface area contributed by atoms with Crippen LogP contribution in [0.15, 0.2) is 195 Å². The van der Waals surface area contributed by atoms with Crippen molar-refractivity contribution in [3.8, 4) is 12.1 Å². The molecule has 7 heteroatoms. The highest BCUT2D eigenvalue weighted by Gasteiger charge is 2.25. The summed E-state index contributed by atoms with van der Waals surface area (Å²) in [4.78, 5) is 4.36. The van der Waals surface area contributed by atoms with Crippen LogP contribution in [-0.2, 0) is 0 Å². The summed E-state index contributed by atoms with van der Waals surface area (Å²) in [6.45, 7) is 0. The molecule has 61 heavy (non-hydrogen) atoms. The van der Waals surface area contributed by atoms with Crippen LogP contribution in [0.2, 0.25) is 0 Å². The maximum Gasteiger partial charge on any atom is 0.159 e. The minimum atomic E-state index is 0.575. The number of hydrogen-bond donors (Lipinski definition) is 0. The molecule has 0 saturated carbocycles. The fraction of sp³-hybridized carbons (Fsp3) is 0. The van der Waals surface area contributed by atoms with E-state index in [0.29, 0.717) is 11.1 Å². The zero-order chi connectivity index (χ0) is 40.6. The highest BCUT2D eigenvalue weighted by Crippen LogP contribution is 2.49. The zero-order valence-corrected chi connectivity index (χ0v) is 32.3. The molecule has 0 fully saturated rings. The zero-order valence-electron chi connectivity index (χ0n) is 32.3. The molecule has 12 aromatic rings. The number of furan rings is 3. The third-order valence-electron chi connectivity index (χ3n) is 11.7. The van der Waals surface area contributed by atoms with Gasteiger partial charge in [-0.2, -0.15) is 10.5 Å². The summed E-state index contributed by atoms with van der Waals surface area (Å²) in [5.74, 6) is 0. The van der Waals surface area contributed by atoms with E-state index in [2.05, 4.69) is 119 Å². The van der Waals surface area contributed by atoms with Gasteiger partial charge in [-0.1, -0.05) is 84.9 Å². The van der Waals surface area contributed by atoms with Crippen molar-refractivity contribution in [2.75, 3.05) is 9.80 Å². The molecule has 3 heterocycles. The van der Waals surface area contributed by atoms with E-state index in [1.165, 1.54) is 0 Å². The van der Waals surface area contributed by atoms with E-state index in [1.54, 1.807) is 0 Å². The van der Waals surface area contributed by atoms with E-state index in [4.69, 9.17) is 13.3 Å².